The molecule has 0 aliphatic carbocycles. The first-order valence-corrected chi connectivity index (χ1v) is 8.32. The number of methoxy groups -OCH3 is 1. The van der Waals surface area contributed by atoms with E-state index >= 15 is 0 Å². The molecule has 0 spiro atoms. The molecule has 3 aromatic heterocycles. The fourth-order valence-electron chi connectivity index (χ4n) is 3.26. The van der Waals surface area contributed by atoms with Crippen LogP contribution in [0.2, 0.25) is 5.02 Å². The summed E-state index contributed by atoms with van der Waals surface area (Å²) in [7, 11) is 1.63. The van der Waals surface area contributed by atoms with Gasteiger partial charge in [0.2, 0.25) is 5.89 Å². The standard InChI is InChI=1S/C17H13ClN6O2/c1-25-8-13-21-22-16-10-3-2-4-11(18)15(10)24-9-20-14(12(24)7-23(13)16)17-19-5-6-26-17/h2-6,9H,7-8H2,1H3. The number of hydrogen-bond donors (Lipinski definition) is 0. The topological polar surface area (TPSA) is 83.8 Å². The Hall–Kier alpha value is -2.97. The second kappa shape index (κ2) is 5.79. The molecule has 4 aromatic rings. The summed E-state index contributed by atoms with van der Waals surface area (Å²) in [6.45, 7) is 0.842. The van der Waals surface area contributed by atoms with E-state index in [0.717, 1.165) is 28.6 Å². The maximum Gasteiger partial charge on any atom is 0.246 e. The Labute approximate surface area is 153 Å². The first-order chi connectivity index (χ1) is 12.8. The quantitative estimate of drug-likeness (QED) is 0.487. The van der Waals surface area contributed by atoms with Gasteiger partial charge in [-0.05, 0) is 12.1 Å². The second-order valence-electron chi connectivity index (χ2n) is 5.84. The number of ether oxygens (including phenoxy) is 1. The van der Waals surface area contributed by atoms with Gasteiger partial charge in [-0.2, -0.15) is 0 Å². The van der Waals surface area contributed by atoms with Crippen LogP contribution >= 0.6 is 11.6 Å². The first kappa shape index (κ1) is 15.3. The summed E-state index contributed by atoms with van der Waals surface area (Å²) in [4.78, 5) is 8.76. The fraction of sp³-hybridized carbons (Fsp3) is 0.176. The molecule has 0 saturated carbocycles. The molecule has 0 amide bonds. The Balaban J connectivity index is 1.83. The molecule has 9 heteroatoms. The largest absolute Gasteiger partial charge is 0.443 e. The van der Waals surface area contributed by atoms with Crippen LogP contribution in [0.3, 0.4) is 0 Å². The van der Waals surface area contributed by atoms with Crippen molar-refractivity contribution < 1.29 is 9.15 Å². The minimum atomic E-state index is 0.353. The number of aromatic nitrogens is 6. The highest BCUT2D eigenvalue weighted by molar-refractivity contribution is 6.33. The molecule has 0 saturated heterocycles. The van der Waals surface area contributed by atoms with E-state index in [4.69, 9.17) is 20.8 Å². The third-order valence-corrected chi connectivity index (χ3v) is 4.68. The highest BCUT2D eigenvalue weighted by Gasteiger charge is 2.28. The van der Waals surface area contributed by atoms with Crippen molar-refractivity contribution in [3.63, 3.8) is 0 Å². The van der Waals surface area contributed by atoms with Gasteiger partial charge in [0.1, 0.15) is 24.9 Å². The second-order valence-corrected chi connectivity index (χ2v) is 6.25. The summed E-state index contributed by atoms with van der Waals surface area (Å²) in [5.74, 6) is 1.91. The average Bonchev–Trinajstić information content (AvgIpc) is 3.35. The monoisotopic (exact) mass is 368 g/mol. The molecule has 1 aliphatic heterocycles. The molecule has 0 radical (unpaired) electrons. The van der Waals surface area contributed by atoms with Crippen LogP contribution in [0, 0.1) is 0 Å². The number of rotatable bonds is 3. The van der Waals surface area contributed by atoms with E-state index in [0.29, 0.717) is 29.8 Å². The Morgan fingerprint density at radius 1 is 1.27 bits per heavy atom. The smallest absolute Gasteiger partial charge is 0.246 e. The van der Waals surface area contributed by atoms with Gasteiger partial charge in [0.05, 0.1) is 29.1 Å². The minimum Gasteiger partial charge on any atom is -0.443 e. The lowest BCUT2D eigenvalue weighted by Gasteiger charge is -2.10. The van der Waals surface area contributed by atoms with Crippen LogP contribution in [-0.2, 0) is 17.9 Å². The van der Waals surface area contributed by atoms with Gasteiger partial charge in [0.25, 0.3) is 0 Å². The Morgan fingerprint density at radius 3 is 3.00 bits per heavy atom. The lowest BCUT2D eigenvalue weighted by atomic mass is 10.1. The van der Waals surface area contributed by atoms with Gasteiger partial charge in [-0.1, -0.05) is 17.7 Å². The number of oxazole rings is 1. The van der Waals surface area contributed by atoms with Crippen LogP contribution in [0.1, 0.15) is 11.5 Å². The third-order valence-electron chi connectivity index (χ3n) is 4.38. The van der Waals surface area contributed by atoms with Gasteiger partial charge >= 0.3 is 0 Å². The van der Waals surface area contributed by atoms with Crippen molar-refractivity contribution in [2.45, 2.75) is 13.2 Å². The van der Waals surface area contributed by atoms with Crippen LogP contribution in [0.15, 0.2) is 41.4 Å². The molecule has 0 N–H and O–H groups in total. The molecule has 1 aromatic carbocycles. The number of halogens is 1. The zero-order chi connectivity index (χ0) is 17.7. The molecule has 5 rings (SSSR count). The summed E-state index contributed by atoms with van der Waals surface area (Å²) in [6, 6.07) is 5.71. The maximum atomic E-state index is 6.54. The summed E-state index contributed by atoms with van der Waals surface area (Å²) in [5.41, 5.74) is 3.23. The van der Waals surface area contributed by atoms with Crippen LogP contribution in [-0.4, -0.2) is 36.4 Å². The molecule has 0 unspecified atom stereocenters. The van der Waals surface area contributed by atoms with Gasteiger partial charge < -0.3 is 13.7 Å². The molecule has 0 fully saturated rings. The zero-order valence-corrected chi connectivity index (χ0v) is 14.5. The predicted octanol–water partition coefficient (Wildman–Crippen LogP) is 2.95. The molecule has 0 atom stereocenters. The number of para-hydroxylation sites is 1. The van der Waals surface area contributed by atoms with Crippen LogP contribution < -0.4 is 0 Å². The third kappa shape index (κ3) is 2.12. The van der Waals surface area contributed by atoms with Gasteiger partial charge in [-0.15, -0.1) is 10.2 Å². The van der Waals surface area contributed by atoms with Gasteiger partial charge in [0, 0.05) is 12.7 Å². The number of benzene rings is 1. The molecule has 0 bridgehead atoms. The van der Waals surface area contributed by atoms with E-state index < -0.39 is 0 Å². The average molecular weight is 369 g/mol. The van der Waals surface area contributed by atoms with Crippen molar-refractivity contribution in [3.8, 4) is 28.7 Å². The van der Waals surface area contributed by atoms with E-state index in [1.165, 1.54) is 6.26 Å². The number of fused-ring (bicyclic) bond motifs is 5. The van der Waals surface area contributed by atoms with Crippen molar-refractivity contribution in [2.75, 3.05) is 7.11 Å². The Morgan fingerprint density at radius 2 is 2.19 bits per heavy atom. The van der Waals surface area contributed by atoms with Gasteiger partial charge in [-0.3, -0.25) is 4.57 Å². The van der Waals surface area contributed by atoms with Crippen LogP contribution in [0.4, 0.5) is 0 Å². The molecule has 130 valence electrons. The highest BCUT2D eigenvalue weighted by atomic mass is 35.5. The van der Waals surface area contributed by atoms with Crippen molar-refractivity contribution in [3.05, 3.63) is 53.5 Å². The van der Waals surface area contributed by atoms with Crippen molar-refractivity contribution in [1.82, 2.24) is 29.3 Å². The highest BCUT2D eigenvalue weighted by Crippen LogP contribution is 2.38. The van der Waals surface area contributed by atoms with E-state index in [9.17, 15) is 0 Å². The van der Waals surface area contributed by atoms with Crippen LogP contribution in [0.25, 0.3) is 28.7 Å². The van der Waals surface area contributed by atoms with E-state index in [-0.39, 0.29) is 0 Å². The van der Waals surface area contributed by atoms with E-state index in [2.05, 4.69) is 20.2 Å². The number of hydrogen-bond acceptors (Lipinski definition) is 6. The molecule has 8 nitrogen and oxygen atoms in total. The molecule has 1 aliphatic rings. The normalized spacial score (nSPS) is 12.4. The van der Waals surface area contributed by atoms with Crippen molar-refractivity contribution in [2.24, 2.45) is 0 Å². The zero-order valence-electron chi connectivity index (χ0n) is 13.8. The molecule has 26 heavy (non-hydrogen) atoms. The van der Waals surface area contributed by atoms with Crippen molar-refractivity contribution >= 4 is 11.6 Å². The summed E-state index contributed by atoms with van der Waals surface area (Å²) in [5, 5.41) is 9.26. The molecular formula is C17H13ClN6O2. The molecular weight excluding hydrogens is 356 g/mol. The SMILES string of the molecule is COCc1nnc2n1Cc1c(-c3ncco3)ncn1-c1c(Cl)cccc1-2. The first-order valence-electron chi connectivity index (χ1n) is 7.94. The minimum absolute atomic E-state index is 0.353. The summed E-state index contributed by atoms with van der Waals surface area (Å²) in [6.07, 6.45) is 4.86. The lowest BCUT2D eigenvalue weighted by Crippen LogP contribution is -2.09. The van der Waals surface area contributed by atoms with Crippen molar-refractivity contribution in [1.29, 1.82) is 0 Å². The predicted molar refractivity (Wildman–Crippen MR) is 92.9 cm³/mol. The number of nitrogens with zero attached hydrogens (tertiary/aromatic N) is 6. The Kier molecular flexibility index (Phi) is 3.41. The fourth-order valence-corrected chi connectivity index (χ4v) is 3.53. The van der Waals surface area contributed by atoms with Gasteiger partial charge in [0.15, 0.2) is 11.6 Å². The van der Waals surface area contributed by atoms with Gasteiger partial charge in [-0.25, -0.2) is 9.97 Å². The maximum absolute atomic E-state index is 6.54. The molecule has 4 heterocycles. The number of imidazole rings is 1. The lowest BCUT2D eigenvalue weighted by molar-refractivity contribution is 0.174. The summed E-state index contributed by atoms with van der Waals surface area (Å²) >= 11 is 6.54. The van der Waals surface area contributed by atoms with Crippen LogP contribution in [0.5, 0.6) is 0 Å². The van der Waals surface area contributed by atoms with E-state index in [1.54, 1.807) is 19.6 Å². The Bertz CT molecular complexity index is 1100. The summed E-state index contributed by atoms with van der Waals surface area (Å²) < 4.78 is 14.7. The van der Waals surface area contributed by atoms with E-state index in [1.807, 2.05) is 27.3 Å².